The largest absolute Gasteiger partial charge is 0.377 e. The van der Waals surface area contributed by atoms with Crippen LogP contribution in [0.2, 0.25) is 0 Å². The summed E-state index contributed by atoms with van der Waals surface area (Å²) in [6.07, 6.45) is 4.37. The Morgan fingerprint density at radius 2 is 2.13 bits per heavy atom. The molecule has 0 bridgehead atoms. The molecule has 1 saturated heterocycles. The van der Waals surface area contributed by atoms with Crippen molar-refractivity contribution in [1.82, 2.24) is 35.3 Å². The van der Waals surface area contributed by atoms with E-state index in [4.69, 9.17) is 4.74 Å². The molecule has 2 aromatic heterocycles. The minimum atomic E-state index is 0.305. The zero-order chi connectivity index (χ0) is 21.6. The first-order valence-corrected chi connectivity index (χ1v) is 12.0. The highest BCUT2D eigenvalue weighted by molar-refractivity contribution is 7.09. The maximum atomic E-state index is 5.15. The summed E-state index contributed by atoms with van der Waals surface area (Å²) in [6, 6.07) is 0.305. The summed E-state index contributed by atoms with van der Waals surface area (Å²) in [5.41, 5.74) is 1.21. The van der Waals surface area contributed by atoms with Gasteiger partial charge in [-0.2, -0.15) is 5.10 Å². The van der Waals surface area contributed by atoms with E-state index in [9.17, 15) is 0 Å². The molecule has 0 saturated carbocycles. The molecule has 2 aliphatic heterocycles. The summed E-state index contributed by atoms with van der Waals surface area (Å²) in [5.74, 6) is 3.37. The van der Waals surface area contributed by atoms with E-state index < -0.39 is 0 Å². The van der Waals surface area contributed by atoms with Crippen molar-refractivity contribution in [2.24, 2.45) is 10.9 Å². The van der Waals surface area contributed by atoms with Gasteiger partial charge in [0.25, 0.3) is 0 Å². The molecule has 10 heteroatoms. The van der Waals surface area contributed by atoms with Crippen molar-refractivity contribution in [2.75, 3.05) is 33.8 Å². The highest BCUT2D eigenvalue weighted by Crippen LogP contribution is 2.19. The number of piperidine rings is 1. The van der Waals surface area contributed by atoms with Gasteiger partial charge >= 0.3 is 0 Å². The Bertz CT molecular complexity index is 871. The van der Waals surface area contributed by atoms with Crippen LogP contribution in [0.4, 0.5) is 0 Å². The second kappa shape index (κ2) is 10.5. The second-order valence-electron chi connectivity index (χ2n) is 8.47. The number of methoxy groups -OCH3 is 1. The Hall–Kier alpha value is -2.04. The van der Waals surface area contributed by atoms with E-state index in [1.54, 1.807) is 18.4 Å². The fourth-order valence-corrected chi connectivity index (χ4v) is 4.96. The molecule has 0 amide bonds. The first-order chi connectivity index (χ1) is 15.1. The molecule has 2 aliphatic rings. The molecular formula is C21H34N8OS. The number of rotatable bonds is 7. The van der Waals surface area contributed by atoms with Crippen LogP contribution >= 0.6 is 11.3 Å². The van der Waals surface area contributed by atoms with Gasteiger partial charge in [-0.1, -0.05) is 0 Å². The van der Waals surface area contributed by atoms with Gasteiger partial charge < -0.3 is 15.4 Å². The minimum absolute atomic E-state index is 0.305. The van der Waals surface area contributed by atoms with Gasteiger partial charge in [0.1, 0.15) is 12.4 Å². The third kappa shape index (κ3) is 6.02. The zero-order valence-electron chi connectivity index (χ0n) is 18.8. The number of aryl methyl sites for hydroxylation is 2. The first-order valence-electron chi connectivity index (χ1n) is 11.1. The van der Waals surface area contributed by atoms with Gasteiger partial charge in [-0.3, -0.25) is 9.89 Å². The van der Waals surface area contributed by atoms with Crippen LogP contribution in [-0.4, -0.2) is 70.4 Å². The average Bonchev–Trinajstić information content (AvgIpc) is 3.37. The van der Waals surface area contributed by atoms with E-state index >= 15 is 0 Å². The molecule has 1 unspecified atom stereocenters. The molecule has 4 heterocycles. The number of thiazole rings is 1. The summed E-state index contributed by atoms with van der Waals surface area (Å²) in [6.45, 7) is 7.55. The van der Waals surface area contributed by atoms with Gasteiger partial charge in [0.2, 0.25) is 0 Å². The van der Waals surface area contributed by atoms with Crippen LogP contribution in [0.25, 0.3) is 0 Å². The van der Waals surface area contributed by atoms with Crippen LogP contribution in [0.3, 0.4) is 0 Å². The molecule has 9 nitrogen and oxygen atoms in total. The third-order valence-electron chi connectivity index (χ3n) is 6.06. The Morgan fingerprint density at radius 1 is 1.29 bits per heavy atom. The van der Waals surface area contributed by atoms with Gasteiger partial charge in [0.05, 0.1) is 17.2 Å². The highest BCUT2D eigenvalue weighted by atomic mass is 32.1. The molecule has 2 aromatic rings. The molecule has 0 aromatic carbocycles. The molecule has 31 heavy (non-hydrogen) atoms. The number of aliphatic imine (C=N–C) groups is 1. The Kier molecular flexibility index (Phi) is 7.52. The number of aromatic nitrogens is 4. The lowest BCUT2D eigenvalue weighted by Crippen LogP contribution is -2.48. The van der Waals surface area contributed by atoms with Crippen molar-refractivity contribution in [3.8, 4) is 0 Å². The van der Waals surface area contributed by atoms with Crippen molar-refractivity contribution in [2.45, 2.75) is 58.3 Å². The molecule has 170 valence electrons. The lowest BCUT2D eigenvalue weighted by molar-refractivity contribution is 0.176. The molecule has 1 atom stereocenters. The van der Waals surface area contributed by atoms with Crippen molar-refractivity contribution in [3.05, 3.63) is 27.7 Å². The Morgan fingerprint density at radius 3 is 2.84 bits per heavy atom. The highest BCUT2D eigenvalue weighted by Gasteiger charge is 2.23. The van der Waals surface area contributed by atoms with Crippen LogP contribution in [0.5, 0.6) is 0 Å². The third-order valence-corrected chi connectivity index (χ3v) is 6.88. The van der Waals surface area contributed by atoms with Gasteiger partial charge in [-0.25, -0.2) is 14.6 Å². The van der Waals surface area contributed by atoms with Gasteiger partial charge in [0.15, 0.2) is 11.8 Å². The van der Waals surface area contributed by atoms with Crippen LogP contribution in [0.15, 0.2) is 10.4 Å². The summed E-state index contributed by atoms with van der Waals surface area (Å²) < 4.78 is 7.15. The average molecular weight is 447 g/mol. The lowest BCUT2D eigenvalue weighted by Gasteiger charge is -2.32. The van der Waals surface area contributed by atoms with E-state index in [-0.39, 0.29) is 0 Å². The summed E-state index contributed by atoms with van der Waals surface area (Å²) in [5, 5.41) is 15.0. The van der Waals surface area contributed by atoms with Gasteiger partial charge in [-0.05, 0) is 45.2 Å². The van der Waals surface area contributed by atoms with Crippen LogP contribution < -0.4 is 10.6 Å². The first kappa shape index (κ1) is 22.2. The number of nitrogens with one attached hydrogen (secondary N) is 2. The van der Waals surface area contributed by atoms with E-state index in [1.807, 2.05) is 11.7 Å². The number of hydrogen-bond acceptors (Lipinski definition) is 7. The SMILES string of the molecule is CN=C(NCC1CCN(Cc2csc(C)n2)CC1)NC1CCc2nc(COC)nn2C1. The number of guanidine groups is 1. The van der Waals surface area contributed by atoms with Crippen molar-refractivity contribution >= 4 is 17.3 Å². The fourth-order valence-electron chi connectivity index (χ4n) is 4.36. The molecular weight excluding hydrogens is 412 g/mol. The maximum Gasteiger partial charge on any atom is 0.191 e. The number of hydrogen-bond donors (Lipinski definition) is 2. The van der Waals surface area contributed by atoms with E-state index in [0.29, 0.717) is 18.6 Å². The lowest BCUT2D eigenvalue weighted by atomic mass is 9.97. The van der Waals surface area contributed by atoms with Crippen LogP contribution in [0.1, 0.15) is 41.6 Å². The standard InChI is InChI=1S/C21H34N8OS/c1-15-24-18(14-31-15)11-28-8-6-16(7-9-28)10-23-21(22-2)25-17-4-5-20-26-19(13-30-3)27-29(20)12-17/h14,16-17H,4-13H2,1-3H3,(H2,22,23,25). The Labute approximate surface area is 188 Å². The molecule has 0 aliphatic carbocycles. The van der Waals surface area contributed by atoms with Crippen molar-refractivity contribution in [3.63, 3.8) is 0 Å². The summed E-state index contributed by atoms with van der Waals surface area (Å²) >= 11 is 1.74. The fraction of sp³-hybridized carbons (Fsp3) is 0.714. The van der Waals surface area contributed by atoms with E-state index in [0.717, 1.165) is 68.2 Å². The topological polar surface area (TPSA) is 92.5 Å². The quantitative estimate of drug-likeness (QED) is 0.493. The predicted octanol–water partition coefficient (Wildman–Crippen LogP) is 1.58. The number of likely N-dealkylation sites (tertiary alicyclic amines) is 1. The van der Waals surface area contributed by atoms with E-state index in [2.05, 4.69) is 47.9 Å². The zero-order valence-corrected chi connectivity index (χ0v) is 19.6. The van der Waals surface area contributed by atoms with Gasteiger partial charge in [0, 0.05) is 45.1 Å². The monoisotopic (exact) mass is 446 g/mol. The summed E-state index contributed by atoms with van der Waals surface area (Å²) in [4.78, 5) is 16.1. The normalized spacial score (nSPS) is 20.6. The number of nitrogens with zero attached hydrogens (tertiary/aromatic N) is 6. The second-order valence-corrected chi connectivity index (χ2v) is 9.53. The van der Waals surface area contributed by atoms with Crippen LogP contribution in [0, 0.1) is 12.8 Å². The molecule has 1 fully saturated rings. The predicted molar refractivity (Wildman–Crippen MR) is 122 cm³/mol. The number of ether oxygens (including phenoxy) is 1. The summed E-state index contributed by atoms with van der Waals surface area (Å²) in [7, 11) is 3.51. The van der Waals surface area contributed by atoms with E-state index in [1.165, 1.54) is 18.5 Å². The maximum absolute atomic E-state index is 5.15. The Balaban J connectivity index is 1.19. The molecule has 0 radical (unpaired) electrons. The number of fused-ring (bicyclic) bond motifs is 1. The van der Waals surface area contributed by atoms with Crippen molar-refractivity contribution < 1.29 is 4.74 Å². The molecule has 4 rings (SSSR count). The molecule has 0 spiro atoms. The minimum Gasteiger partial charge on any atom is -0.377 e. The molecule has 2 N–H and O–H groups in total. The van der Waals surface area contributed by atoms with Gasteiger partial charge in [-0.15, -0.1) is 11.3 Å². The smallest absolute Gasteiger partial charge is 0.191 e. The van der Waals surface area contributed by atoms with Crippen LogP contribution in [-0.2, 0) is 30.9 Å². The van der Waals surface area contributed by atoms with Crippen molar-refractivity contribution in [1.29, 1.82) is 0 Å².